The molecular formula is C16H19ClFNO. The fraction of sp³-hybridized carbons (Fsp3) is 0.438. The average Bonchev–Trinajstić information content (AvgIpc) is 2.43. The van der Waals surface area contributed by atoms with E-state index in [1.807, 2.05) is 0 Å². The zero-order valence-electron chi connectivity index (χ0n) is 11.4. The fourth-order valence-corrected chi connectivity index (χ4v) is 2.55. The molecule has 2 rings (SSSR count). The Bertz CT molecular complexity index is 513. The van der Waals surface area contributed by atoms with E-state index < -0.39 is 5.82 Å². The first-order valence-corrected chi connectivity index (χ1v) is 7.41. The zero-order chi connectivity index (χ0) is 14.4. The molecule has 0 radical (unpaired) electrons. The van der Waals surface area contributed by atoms with Crippen molar-refractivity contribution in [1.82, 2.24) is 5.32 Å². The molecule has 0 bridgehead atoms. The molecular weight excluding hydrogens is 277 g/mol. The molecule has 0 unspecified atom stereocenters. The predicted octanol–water partition coefficient (Wildman–Crippen LogP) is 4.03. The largest absolute Gasteiger partial charge is 0.355 e. The summed E-state index contributed by atoms with van der Waals surface area (Å²) in [5.74, 6) is -0.578. The number of amides is 1. The Morgan fingerprint density at radius 2 is 2.20 bits per heavy atom. The molecule has 1 amide bonds. The Kier molecular flexibility index (Phi) is 5.60. The van der Waals surface area contributed by atoms with Crippen LogP contribution in [0.4, 0.5) is 4.39 Å². The Morgan fingerprint density at radius 1 is 1.35 bits per heavy atom. The molecule has 1 aliphatic carbocycles. The van der Waals surface area contributed by atoms with Gasteiger partial charge < -0.3 is 5.32 Å². The van der Waals surface area contributed by atoms with E-state index in [0.29, 0.717) is 17.1 Å². The van der Waals surface area contributed by atoms with Gasteiger partial charge in [-0.3, -0.25) is 4.79 Å². The van der Waals surface area contributed by atoms with Crippen molar-refractivity contribution in [1.29, 1.82) is 0 Å². The van der Waals surface area contributed by atoms with Crippen molar-refractivity contribution in [3.63, 3.8) is 0 Å². The minimum atomic E-state index is -0.428. The van der Waals surface area contributed by atoms with Crippen molar-refractivity contribution in [2.45, 2.75) is 38.5 Å². The number of hydrogen-bond acceptors (Lipinski definition) is 1. The van der Waals surface area contributed by atoms with Gasteiger partial charge in [0.05, 0.1) is 6.42 Å². The van der Waals surface area contributed by atoms with E-state index in [1.165, 1.54) is 24.5 Å². The summed E-state index contributed by atoms with van der Waals surface area (Å²) in [7, 11) is 0. The number of allylic oxidation sites excluding steroid dienone is 1. The van der Waals surface area contributed by atoms with Gasteiger partial charge in [-0.05, 0) is 49.8 Å². The third-order valence-corrected chi connectivity index (χ3v) is 3.75. The number of rotatable bonds is 5. The summed E-state index contributed by atoms with van der Waals surface area (Å²) in [6, 6.07) is 4.39. The quantitative estimate of drug-likeness (QED) is 0.817. The highest BCUT2D eigenvalue weighted by atomic mass is 35.5. The summed E-state index contributed by atoms with van der Waals surface area (Å²) in [6.07, 6.45) is 8.04. The molecule has 2 nitrogen and oxygen atoms in total. The van der Waals surface area contributed by atoms with Crippen LogP contribution in [0.1, 0.15) is 37.7 Å². The Labute approximate surface area is 124 Å². The van der Waals surface area contributed by atoms with E-state index in [4.69, 9.17) is 11.6 Å². The molecule has 1 aromatic rings. The molecule has 0 saturated carbocycles. The van der Waals surface area contributed by atoms with Crippen LogP contribution in [0.2, 0.25) is 5.02 Å². The van der Waals surface area contributed by atoms with E-state index in [0.717, 1.165) is 19.3 Å². The maximum atomic E-state index is 13.6. The van der Waals surface area contributed by atoms with Gasteiger partial charge in [0.15, 0.2) is 0 Å². The first kappa shape index (κ1) is 15.0. The van der Waals surface area contributed by atoms with Crippen LogP contribution in [0.5, 0.6) is 0 Å². The molecule has 0 atom stereocenters. The lowest BCUT2D eigenvalue weighted by Crippen LogP contribution is -2.26. The van der Waals surface area contributed by atoms with Crippen LogP contribution in [0.3, 0.4) is 0 Å². The summed E-state index contributed by atoms with van der Waals surface area (Å²) >= 11 is 5.68. The van der Waals surface area contributed by atoms with Gasteiger partial charge >= 0.3 is 0 Å². The summed E-state index contributed by atoms with van der Waals surface area (Å²) in [6.45, 7) is 0.625. The van der Waals surface area contributed by atoms with Crippen LogP contribution in [0.15, 0.2) is 29.8 Å². The SMILES string of the molecule is O=C(Cc1ccc(Cl)cc1F)NCCC1=CCCCC1. The normalized spacial score (nSPS) is 14.8. The van der Waals surface area contributed by atoms with Crippen molar-refractivity contribution in [2.75, 3.05) is 6.54 Å². The first-order valence-electron chi connectivity index (χ1n) is 7.03. The van der Waals surface area contributed by atoms with E-state index in [-0.39, 0.29) is 12.3 Å². The number of carbonyl (C=O) groups excluding carboxylic acids is 1. The number of nitrogens with one attached hydrogen (secondary N) is 1. The van der Waals surface area contributed by atoms with Crippen LogP contribution in [-0.4, -0.2) is 12.5 Å². The highest BCUT2D eigenvalue weighted by Crippen LogP contribution is 2.19. The zero-order valence-corrected chi connectivity index (χ0v) is 12.2. The number of carbonyl (C=O) groups is 1. The van der Waals surface area contributed by atoms with Crippen LogP contribution in [0, 0.1) is 5.82 Å². The van der Waals surface area contributed by atoms with Gasteiger partial charge in [-0.2, -0.15) is 0 Å². The Morgan fingerprint density at radius 3 is 2.90 bits per heavy atom. The van der Waals surface area contributed by atoms with E-state index >= 15 is 0 Å². The minimum absolute atomic E-state index is 0.0576. The predicted molar refractivity (Wildman–Crippen MR) is 79.3 cm³/mol. The molecule has 0 aromatic heterocycles. The van der Waals surface area contributed by atoms with Gasteiger partial charge in [0.25, 0.3) is 0 Å². The van der Waals surface area contributed by atoms with Gasteiger partial charge in [-0.15, -0.1) is 0 Å². The van der Waals surface area contributed by atoms with Crippen LogP contribution >= 0.6 is 11.6 Å². The van der Waals surface area contributed by atoms with Gasteiger partial charge in [0.1, 0.15) is 5.82 Å². The van der Waals surface area contributed by atoms with Crippen molar-refractivity contribution in [2.24, 2.45) is 0 Å². The number of hydrogen-bond donors (Lipinski definition) is 1. The summed E-state index contributed by atoms with van der Waals surface area (Å²) < 4.78 is 13.6. The molecule has 108 valence electrons. The first-order chi connectivity index (χ1) is 9.65. The number of benzene rings is 1. The highest BCUT2D eigenvalue weighted by molar-refractivity contribution is 6.30. The second-order valence-electron chi connectivity index (χ2n) is 5.12. The summed E-state index contributed by atoms with van der Waals surface area (Å²) in [4.78, 5) is 11.8. The molecule has 0 saturated heterocycles. The van der Waals surface area contributed by atoms with Gasteiger partial charge in [-0.25, -0.2) is 4.39 Å². The summed E-state index contributed by atoms with van der Waals surface area (Å²) in [5.41, 5.74) is 1.80. The molecule has 0 fully saturated rings. The molecule has 1 aromatic carbocycles. The molecule has 0 heterocycles. The van der Waals surface area contributed by atoms with E-state index in [9.17, 15) is 9.18 Å². The average molecular weight is 296 g/mol. The number of halogens is 2. The molecule has 1 N–H and O–H groups in total. The maximum Gasteiger partial charge on any atom is 0.224 e. The topological polar surface area (TPSA) is 29.1 Å². The summed E-state index contributed by atoms with van der Waals surface area (Å²) in [5, 5.41) is 3.18. The lowest BCUT2D eigenvalue weighted by atomic mass is 9.97. The Balaban J connectivity index is 1.76. The molecule has 1 aliphatic rings. The monoisotopic (exact) mass is 295 g/mol. The lowest BCUT2D eigenvalue weighted by molar-refractivity contribution is -0.120. The molecule has 4 heteroatoms. The van der Waals surface area contributed by atoms with Crippen LogP contribution in [-0.2, 0) is 11.2 Å². The maximum absolute atomic E-state index is 13.6. The fourth-order valence-electron chi connectivity index (χ4n) is 2.39. The van der Waals surface area contributed by atoms with Crippen LogP contribution in [0.25, 0.3) is 0 Å². The lowest BCUT2D eigenvalue weighted by Gasteiger charge is -2.13. The second-order valence-corrected chi connectivity index (χ2v) is 5.56. The smallest absolute Gasteiger partial charge is 0.224 e. The van der Waals surface area contributed by atoms with E-state index in [2.05, 4.69) is 11.4 Å². The second kappa shape index (κ2) is 7.44. The van der Waals surface area contributed by atoms with Crippen LogP contribution < -0.4 is 5.32 Å². The van der Waals surface area contributed by atoms with Crippen molar-refractivity contribution < 1.29 is 9.18 Å². The van der Waals surface area contributed by atoms with Crippen molar-refractivity contribution in [3.05, 3.63) is 46.3 Å². The van der Waals surface area contributed by atoms with E-state index in [1.54, 1.807) is 12.1 Å². The minimum Gasteiger partial charge on any atom is -0.355 e. The molecule has 20 heavy (non-hydrogen) atoms. The third-order valence-electron chi connectivity index (χ3n) is 3.52. The molecule has 0 spiro atoms. The highest BCUT2D eigenvalue weighted by Gasteiger charge is 2.09. The standard InChI is InChI=1S/C16H19ClFNO/c17-14-7-6-13(15(18)11-14)10-16(20)19-9-8-12-4-2-1-3-5-12/h4,6-7,11H,1-3,5,8-10H2,(H,19,20). The van der Waals surface area contributed by atoms with Gasteiger partial charge in [0, 0.05) is 11.6 Å². The van der Waals surface area contributed by atoms with Crippen molar-refractivity contribution in [3.8, 4) is 0 Å². The Hall–Kier alpha value is -1.35. The van der Waals surface area contributed by atoms with Gasteiger partial charge in [-0.1, -0.05) is 29.3 Å². The van der Waals surface area contributed by atoms with Crippen molar-refractivity contribution >= 4 is 17.5 Å². The third kappa shape index (κ3) is 4.64. The van der Waals surface area contributed by atoms with Gasteiger partial charge in [0.2, 0.25) is 5.91 Å². The molecule has 0 aliphatic heterocycles.